The quantitative estimate of drug-likeness (QED) is 0.814. The number of likely N-dealkylation sites (tertiary alicyclic amines) is 1. The molecular formula is C15H19FN2O3. The van der Waals surface area contributed by atoms with E-state index in [0.29, 0.717) is 6.54 Å². The third-order valence-electron chi connectivity index (χ3n) is 3.58. The van der Waals surface area contributed by atoms with E-state index >= 15 is 0 Å². The van der Waals surface area contributed by atoms with Crippen LogP contribution in [-0.2, 0) is 11.2 Å². The standard InChI is InChI=1S/C15H19FN2O3/c16-12-9-13(18(10-12)15(20)21)14(19)17-8-4-7-11-5-2-1-3-6-11/h1-3,5-6,12-13H,4,7-10H2,(H,17,19)(H,20,21)/t12?,13-/m0/s1. The van der Waals surface area contributed by atoms with E-state index in [2.05, 4.69) is 5.32 Å². The van der Waals surface area contributed by atoms with Gasteiger partial charge < -0.3 is 10.4 Å². The summed E-state index contributed by atoms with van der Waals surface area (Å²) in [6.07, 6.45) is -0.980. The highest BCUT2D eigenvalue weighted by atomic mass is 19.1. The van der Waals surface area contributed by atoms with Gasteiger partial charge in [0.1, 0.15) is 12.2 Å². The van der Waals surface area contributed by atoms with Crippen LogP contribution in [-0.4, -0.2) is 47.3 Å². The van der Waals surface area contributed by atoms with E-state index in [9.17, 15) is 14.0 Å². The Morgan fingerprint density at radius 1 is 1.33 bits per heavy atom. The number of carbonyl (C=O) groups excluding carboxylic acids is 1. The number of amides is 2. The first kappa shape index (κ1) is 15.3. The van der Waals surface area contributed by atoms with Gasteiger partial charge in [0.25, 0.3) is 0 Å². The summed E-state index contributed by atoms with van der Waals surface area (Å²) >= 11 is 0. The minimum atomic E-state index is -1.26. The van der Waals surface area contributed by atoms with Crippen LogP contribution < -0.4 is 5.32 Å². The van der Waals surface area contributed by atoms with E-state index in [0.717, 1.165) is 17.7 Å². The highest BCUT2D eigenvalue weighted by molar-refractivity contribution is 5.85. The van der Waals surface area contributed by atoms with Gasteiger partial charge in [-0.15, -0.1) is 0 Å². The number of carboxylic acid groups (broad SMARTS) is 1. The van der Waals surface area contributed by atoms with Crippen molar-refractivity contribution in [3.63, 3.8) is 0 Å². The molecule has 1 fully saturated rings. The lowest BCUT2D eigenvalue weighted by molar-refractivity contribution is -0.125. The van der Waals surface area contributed by atoms with Crippen molar-refractivity contribution in [2.75, 3.05) is 13.1 Å². The van der Waals surface area contributed by atoms with Crippen LogP contribution in [0.4, 0.5) is 9.18 Å². The van der Waals surface area contributed by atoms with Gasteiger partial charge >= 0.3 is 6.09 Å². The number of nitrogens with one attached hydrogen (secondary N) is 1. The fraction of sp³-hybridized carbons (Fsp3) is 0.467. The van der Waals surface area contributed by atoms with E-state index in [4.69, 9.17) is 5.11 Å². The predicted molar refractivity (Wildman–Crippen MR) is 75.8 cm³/mol. The molecule has 2 amide bonds. The monoisotopic (exact) mass is 294 g/mol. The van der Waals surface area contributed by atoms with Gasteiger partial charge in [0, 0.05) is 13.0 Å². The number of aryl methyl sites for hydroxylation is 1. The molecule has 0 aliphatic carbocycles. The van der Waals surface area contributed by atoms with Gasteiger partial charge in [0.15, 0.2) is 0 Å². The number of hydrogen-bond acceptors (Lipinski definition) is 2. The van der Waals surface area contributed by atoms with Crippen molar-refractivity contribution in [1.29, 1.82) is 0 Å². The summed E-state index contributed by atoms with van der Waals surface area (Å²) in [5.74, 6) is -0.411. The molecule has 2 rings (SSSR count). The van der Waals surface area contributed by atoms with Crippen LogP contribution in [0.2, 0.25) is 0 Å². The highest BCUT2D eigenvalue weighted by Gasteiger charge is 2.39. The molecule has 1 unspecified atom stereocenters. The normalized spacial score (nSPS) is 21.3. The Bertz CT molecular complexity index is 495. The molecule has 1 saturated heterocycles. The van der Waals surface area contributed by atoms with Crippen LogP contribution in [0.1, 0.15) is 18.4 Å². The Morgan fingerprint density at radius 3 is 2.71 bits per heavy atom. The number of alkyl halides is 1. The largest absolute Gasteiger partial charge is 0.465 e. The smallest absolute Gasteiger partial charge is 0.408 e. The molecule has 0 radical (unpaired) electrons. The van der Waals surface area contributed by atoms with Crippen LogP contribution in [0, 0.1) is 0 Å². The Kier molecular flexibility index (Phi) is 5.14. The van der Waals surface area contributed by atoms with E-state index in [1.165, 1.54) is 5.56 Å². The summed E-state index contributed by atoms with van der Waals surface area (Å²) in [4.78, 5) is 23.8. The van der Waals surface area contributed by atoms with E-state index < -0.39 is 24.2 Å². The summed E-state index contributed by atoms with van der Waals surface area (Å²) in [6, 6.07) is 8.97. The molecule has 1 aliphatic rings. The Labute approximate surface area is 122 Å². The second kappa shape index (κ2) is 7.06. The molecule has 21 heavy (non-hydrogen) atoms. The lowest BCUT2D eigenvalue weighted by Gasteiger charge is -2.20. The molecule has 1 aliphatic heterocycles. The number of nitrogens with zero attached hydrogens (tertiary/aromatic N) is 1. The molecule has 1 heterocycles. The van der Waals surface area contributed by atoms with Crippen molar-refractivity contribution in [3.05, 3.63) is 35.9 Å². The molecule has 0 bridgehead atoms. The van der Waals surface area contributed by atoms with Crippen molar-refractivity contribution in [2.45, 2.75) is 31.5 Å². The Morgan fingerprint density at radius 2 is 2.05 bits per heavy atom. The van der Waals surface area contributed by atoms with Crippen molar-refractivity contribution in [2.24, 2.45) is 0 Å². The van der Waals surface area contributed by atoms with Gasteiger partial charge in [-0.2, -0.15) is 0 Å². The zero-order valence-electron chi connectivity index (χ0n) is 11.7. The van der Waals surface area contributed by atoms with Gasteiger partial charge in [-0.3, -0.25) is 9.69 Å². The molecule has 0 spiro atoms. The molecule has 1 aromatic carbocycles. The van der Waals surface area contributed by atoms with Crippen molar-refractivity contribution < 1.29 is 19.1 Å². The number of hydrogen-bond donors (Lipinski definition) is 2. The fourth-order valence-corrected chi connectivity index (χ4v) is 2.51. The van der Waals surface area contributed by atoms with E-state index in [1.807, 2.05) is 30.3 Å². The zero-order chi connectivity index (χ0) is 15.2. The van der Waals surface area contributed by atoms with E-state index in [-0.39, 0.29) is 13.0 Å². The van der Waals surface area contributed by atoms with Crippen molar-refractivity contribution in [3.8, 4) is 0 Å². The molecule has 5 nitrogen and oxygen atoms in total. The highest BCUT2D eigenvalue weighted by Crippen LogP contribution is 2.20. The van der Waals surface area contributed by atoms with Crippen LogP contribution >= 0.6 is 0 Å². The maximum Gasteiger partial charge on any atom is 0.408 e. The zero-order valence-corrected chi connectivity index (χ0v) is 11.7. The first-order chi connectivity index (χ1) is 10.1. The van der Waals surface area contributed by atoms with Gasteiger partial charge in [0.2, 0.25) is 5.91 Å². The average molecular weight is 294 g/mol. The molecular weight excluding hydrogens is 275 g/mol. The minimum absolute atomic E-state index is 0.0587. The molecule has 1 aromatic rings. The third kappa shape index (κ3) is 4.18. The predicted octanol–water partition coefficient (Wildman–Crippen LogP) is 1.83. The minimum Gasteiger partial charge on any atom is -0.465 e. The Hall–Kier alpha value is -2.11. The third-order valence-corrected chi connectivity index (χ3v) is 3.58. The number of carbonyl (C=O) groups is 2. The maximum absolute atomic E-state index is 13.3. The summed E-state index contributed by atoms with van der Waals surface area (Å²) in [6.45, 7) is 0.228. The SMILES string of the molecule is O=C(NCCCc1ccccc1)[C@@H]1CC(F)CN1C(=O)O. The number of halogens is 1. The maximum atomic E-state index is 13.3. The van der Waals surface area contributed by atoms with Gasteiger partial charge in [-0.1, -0.05) is 30.3 Å². The van der Waals surface area contributed by atoms with Crippen LogP contribution in [0.25, 0.3) is 0 Å². The first-order valence-corrected chi connectivity index (χ1v) is 7.03. The molecule has 2 atom stereocenters. The molecule has 6 heteroatoms. The summed E-state index contributed by atoms with van der Waals surface area (Å²) in [5.41, 5.74) is 1.18. The molecule has 0 saturated carbocycles. The van der Waals surface area contributed by atoms with Crippen molar-refractivity contribution in [1.82, 2.24) is 10.2 Å². The van der Waals surface area contributed by atoms with E-state index in [1.54, 1.807) is 0 Å². The number of rotatable bonds is 5. The van der Waals surface area contributed by atoms with Crippen LogP contribution in [0.3, 0.4) is 0 Å². The molecule has 2 N–H and O–H groups in total. The van der Waals surface area contributed by atoms with Gasteiger partial charge in [-0.05, 0) is 18.4 Å². The topological polar surface area (TPSA) is 69.6 Å². The second-order valence-corrected chi connectivity index (χ2v) is 5.16. The Balaban J connectivity index is 1.75. The van der Waals surface area contributed by atoms with Crippen LogP contribution in [0.15, 0.2) is 30.3 Å². The fourth-order valence-electron chi connectivity index (χ4n) is 2.51. The first-order valence-electron chi connectivity index (χ1n) is 7.03. The second-order valence-electron chi connectivity index (χ2n) is 5.16. The lowest BCUT2D eigenvalue weighted by atomic mass is 10.1. The lowest BCUT2D eigenvalue weighted by Crippen LogP contribution is -2.45. The summed E-state index contributed by atoms with van der Waals surface area (Å²) in [5, 5.41) is 11.6. The van der Waals surface area contributed by atoms with Gasteiger partial charge in [0.05, 0.1) is 6.54 Å². The summed E-state index contributed by atoms with van der Waals surface area (Å²) < 4.78 is 13.3. The molecule has 114 valence electrons. The van der Waals surface area contributed by atoms with Gasteiger partial charge in [-0.25, -0.2) is 9.18 Å². The number of benzene rings is 1. The molecule has 0 aromatic heterocycles. The van der Waals surface area contributed by atoms with Crippen LogP contribution in [0.5, 0.6) is 0 Å². The average Bonchev–Trinajstić information content (AvgIpc) is 2.87. The summed E-state index contributed by atoms with van der Waals surface area (Å²) in [7, 11) is 0. The van der Waals surface area contributed by atoms with Crippen molar-refractivity contribution >= 4 is 12.0 Å².